The first-order chi connectivity index (χ1) is 11.7. The van der Waals surface area contributed by atoms with Crippen molar-refractivity contribution in [3.8, 4) is 0 Å². The summed E-state index contributed by atoms with van der Waals surface area (Å²) in [6.07, 6.45) is 5.25. The lowest BCUT2D eigenvalue weighted by Gasteiger charge is -2.31. The molecule has 0 bridgehead atoms. The summed E-state index contributed by atoms with van der Waals surface area (Å²) < 4.78 is 5.77. The lowest BCUT2D eigenvalue weighted by molar-refractivity contribution is 0.0919. The van der Waals surface area contributed by atoms with Crippen LogP contribution in [0.4, 0.5) is 0 Å². The molecule has 1 atom stereocenters. The smallest absolute Gasteiger partial charge is 0.287 e. The van der Waals surface area contributed by atoms with Gasteiger partial charge in [0.2, 0.25) is 0 Å². The largest absolute Gasteiger partial charge is 0.454 e. The molecule has 130 valence electrons. The Kier molecular flexibility index (Phi) is 5.92. The number of nitrogens with zero attached hydrogens (tertiary/aromatic N) is 3. The van der Waals surface area contributed by atoms with Crippen LogP contribution in [0.3, 0.4) is 0 Å². The van der Waals surface area contributed by atoms with Gasteiger partial charge in [0.15, 0.2) is 10.9 Å². The number of aromatic nitrogens is 3. The molecular weight excluding hydrogens is 326 g/mol. The molecule has 1 aliphatic rings. The zero-order chi connectivity index (χ0) is 16.8. The number of carbonyl (C=O) groups excluding carboxylic acids is 1. The van der Waals surface area contributed by atoms with Gasteiger partial charge in [0.05, 0.1) is 6.04 Å². The van der Waals surface area contributed by atoms with Crippen molar-refractivity contribution in [1.29, 1.82) is 0 Å². The summed E-state index contributed by atoms with van der Waals surface area (Å²) in [5, 5.41) is 10.2. The van der Waals surface area contributed by atoms with E-state index in [-0.39, 0.29) is 11.9 Å². The molecule has 1 fully saturated rings. The Morgan fingerprint density at radius 1 is 1.42 bits per heavy atom. The summed E-state index contributed by atoms with van der Waals surface area (Å²) in [5.74, 6) is 1.78. The minimum absolute atomic E-state index is 0.176. The van der Waals surface area contributed by atoms with E-state index >= 15 is 0 Å². The van der Waals surface area contributed by atoms with Gasteiger partial charge in [-0.15, -0.1) is 0 Å². The third-order valence-electron chi connectivity index (χ3n) is 4.22. The highest BCUT2D eigenvalue weighted by Crippen LogP contribution is 2.25. The number of carbonyl (C=O) groups is 1. The standard InChI is InChI=1S/C16H23N5O2S/c1-12(21-8-3-2-4-9-21)13-5-6-14(23-13)15(22)17-7-10-24-16-18-11-19-20-16/h5-6,11-12H,2-4,7-10H2,1H3,(H,17,22)(H,18,19,20)/t12-/m1/s1. The normalized spacial score (nSPS) is 16.9. The van der Waals surface area contributed by atoms with Crippen LogP contribution >= 0.6 is 11.8 Å². The molecule has 7 nitrogen and oxygen atoms in total. The molecule has 2 N–H and O–H groups in total. The monoisotopic (exact) mass is 349 g/mol. The van der Waals surface area contributed by atoms with Gasteiger partial charge in [0, 0.05) is 12.3 Å². The molecule has 1 aliphatic heterocycles. The fourth-order valence-corrected chi connectivity index (χ4v) is 3.48. The average molecular weight is 349 g/mol. The highest BCUT2D eigenvalue weighted by atomic mass is 32.2. The zero-order valence-electron chi connectivity index (χ0n) is 13.8. The Morgan fingerprint density at radius 2 is 2.25 bits per heavy atom. The third kappa shape index (κ3) is 4.39. The molecule has 3 rings (SSSR count). The van der Waals surface area contributed by atoms with Crippen molar-refractivity contribution < 1.29 is 9.21 Å². The van der Waals surface area contributed by atoms with Gasteiger partial charge < -0.3 is 9.73 Å². The lowest BCUT2D eigenvalue weighted by atomic mass is 10.1. The Labute approximate surface area is 145 Å². The summed E-state index contributed by atoms with van der Waals surface area (Å²) >= 11 is 1.51. The minimum atomic E-state index is -0.176. The van der Waals surface area contributed by atoms with E-state index in [9.17, 15) is 4.79 Å². The summed E-state index contributed by atoms with van der Waals surface area (Å²) in [7, 11) is 0. The van der Waals surface area contributed by atoms with Crippen LogP contribution in [0.15, 0.2) is 28.0 Å². The van der Waals surface area contributed by atoms with E-state index < -0.39 is 0 Å². The van der Waals surface area contributed by atoms with Gasteiger partial charge >= 0.3 is 0 Å². The number of piperidine rings is 1. The summed E-state index contributed by atoms with van der Waals surface area (Å²) in [6, 6.07) is 3.89. The Bertz CT molecular complexity index is 637. The van der Waals surface area contributed by atoms with Crippen LogP contribution in [0.5, 0.6) is 0 Å². The van der Waals surface area contributed by atoms with E-state index in [4.69, 9.17) is 4.42 Å². The van der Waals surface area contributed by atoms with Gasteiger partial charge in [-0.3, -0.25) is 14.8 Å². The van der Waals surface area contributed by atoms with Crippen LogP contribution in [-0.2, 0) is 0 Å². The molecule has 0 aromatic carbocycles. The third-order valence-corrected chi connectivity index (χ3v) is 5.10. The maximum atomic E-state index is 12.2. The van der Waals surface area contributed by atoms with Crippen LogP contribution in [0.2, 0.25) is 0 Å². The first kappa shape index (κ1) is 17.0. The number of H-pyrrole nitrogens is 1. The second-order valence-corrected chi connectivity index (χ2v) is 6.95. The lowest BCUT2D eigenvalue weighted by Crippen LogP contribution is -2.32. The van der Waals surface area contributed by atoms with Crippen molar-refractivity contribution in [3.63, 3.8) is 0 Å². The number of aromatic amines is 1. The van der Waals surface area contributed by atoms with Gasteiger partial charge in [0.25, 0.3) is 5.91 Å². The molecule has 2 aromatic heterocycles. The highest BCUT2D eigenvalue weighted by Gasteiger charge is 2.22. The van der Waals surface area contributed by atoms with Crippen molar-refractivity contribution in [2.24, 2.45) is 0 Å². The SMILES string of the molecule is C[C@H](c1ccc(C(=O)NCCSc2ncn[nH]2)o1)N1CCCCC1. The molecule has 3 heterocycles. The van der Waals surface area contributed by atoms with E-state index in [1.165, 1.54) is 37.4 Å². The molecule has 8 heteroatoms. The Hall–Kier alpha value is -1.80. The predicted molar refractivity (Wildman–Crippen MR) is 92.0 cm³/mol. The minimum Gasteiger partial charge on any atom is -0.454 e. The van der Waals surface area contributed by atoms with Crippen molar-refractivity contribution in [2.75, 3.05) is 25.4 Å². The molecule has 1 saturated heterocycles. The Morgan fingerprint density at radius 3 is 3.00 bits per heavy atom. The Balaban J connectivity index is 1.46. The summed E-state index contributed by atoms with van der Waals surface area (Å²) in [5.41, 5.74) is 0. The average Bonchev–Trinajstić information content (AvgIpc) is 3.30. The fraction of sp³-hybridized carbons (Fsp3) is 0.562. The van der Waals surface area contributed by atoms with Gasteiger partial charge in [-0.25, -0.2) is 4.98 Å². The van der Waals surface area contributed by atoms with E-state index in [0.29, 0.717) is 12.3 Å². The number of nitrogens with one attached hydrogen (secondary N) is 2. The molecule has 2 aromatic rings. The van der Waals surface area contributed by atoms with Crippen LogP contribution in [-0.4, -0.2) is 51.4 Å². The van der Waals surface area contributed by atoms with Crippen molar-refractivity contribution >= 4 is 17.7 Å². The van der Waals surface area contributed by atoms with Crippen LogP contribution in [0.1, 0.15) is 48.5 Å². The fourth-order valence-electron chi connectivity index (χ4n) is 2.85. The maximum absolute atomic E-state index is 12.2. The summed E-state index contributed by atoms with van der Waals surface area (Å²) in [4.78, 5) is 18.6. The molecule has 24 heavy (non-hydrogen) atoms. The molecule has 0 saturated carbocycles. The van der Waals surface area contributed by atoms with Crippen molar-refractivity contribution in [2.45, 2.75) is 37.4 Å². The topological polar surface area (TPSA) is 87.0 Å². The van der Waals surface area contributed by atoms with Crippen LogP contribution < -0.4 is 5.32 Å². The number of hydrogen-bond acceptors (Lipinski definition) is 6. The molecule has 0 unspecified atom stereocenters. The van der Waals surface area contributed by atoms with Gasteiger partial charge in [-0.1, -0.05) is 18.2 Å². The second-order valence-electron chi connectivity index (χ2n) is 5.87. The predicted octanol–water partition coefficient (Wildman–Crippen LogP) is 2.47. The molecule has 1 amide bonds. The molecule has 0 spiro atoms. The van der Waals surface area contributed by atoms with Crippen molar-refractivity contribution in [1.82, 2.24) is 25.4 Å². The summed E-state index contributed by atoms with van der Waals surface area (Å²) in [6.45, 7) is 4.88. The zero-order valence-corrected chi connectivity index (χ0v) is 14.6. The first-order valence-electron chi connectivity index (χ1n) is 8.34. The molecule has 0 aliphatic carbocycles. The number of thioether (sulfide) groups is 1. The van der Waals surface area contributed by atoms with Crippen molar-refractivity contribution in [3.05, 3.63) is 30.0 Å². The van der Waals surface area contributed by atoms with Gasteiger partial charge in [0.1, 0.15) is 12.1 Å². The van der Waals surface area contributed by atoms with Gasteiger partial charge in [-0.2, -0.15) is 5.10 Å². The molecule has 0 radical (unpaired) electrons. The van der Waals surface area contributed by atoms with E-state index in [0.717, 1.165) is 29.8 Å². The quantitative estimate of drug-likeness (QED) is 0.590. The first-order valence-corrected chi connectivity index (χ1v) is 9.33. The number of amides is 1. The highest BCUT2D eigenvalue weighted by molar-refractivity contribution is 7.99. The number of rotatable bonds is 7. The van der Waals surface area contributed by atoms with Crippen LogP contribution in [0, 0.1) is 0 Å². The number of hydrogen-bond donors (Lipinski definition) is 2. The van der Waals surface area contributed by atoms with E-state index in [2.05, 4.69) is 32.3 Å². The number of likely N-dealkylation sites (tertiary alicyclic amines) is 1. The van der Waals surface area contributed by atoms with E-state index in [1.54, 1.807) is 6.07 Å². The number of furan rings is 1. The second kappa shape index (κ2) is 8.34. The van der Waals surface area contributed by atoms with Crippen LogP contribution in [0.25, 0.3) is 0 Å². The maximum Gasteiger partial charge on any atom is 0.287 e. The van der Waals surface area contributed by atoms with Gasteiger partial charge in [-0.05, 0) is 45.0 Å². The molecular formula is C16H23N5O2S. The van der Waals surface area contributed by atoms with E-state index in [1.807, 2.05) is 6.07 Å².